The normalized spacial score (nSPS) is 20.5. The second kappa shape index (κ2) is 5.04. The van der Waals surface area contributed by atoms with Crippen LogP contribution in [0.15, 0.2) is 0 Å². The molecule has 1 amide bonds. The zero-order chi connectivity index (χ0) is 8.10. The van der Waals surface area contributed by atoms with Crippen LogP contribution >= 0.6 is 0 Å². The molecule has 5 heteroatoms. The average molecular weight is 287 g/mol. The standard InChI is InChI=1S/C6H11NO2Se2/c8-6(9)7-4-2-1-3-5-10-11-7/h1-5H2,(H,8,9). The number of nitrogens with zero attached hydrogens (tertiary/aromatic N) is 1. The Morgan fingerprint density at radius 3 is 2.91 bits per heavy atom. The number of carboxylic acid groups (broad SMARTS) is 1. The van der Waals surface area contributed by atoms with Crippen LogP contribution in [-0.2, 0) is 0 Å². The van der Waals surface area contributed by atoms with Gasteiger partial charge in [-0.05, 0) is 0 Å². The van der Waals surface area contributed by atoms with Gasteiger partial charge in [-0.15, -0.1) is 0 Å². The summed E-state index contributed by atoms with van der Waals surface area (Å²) in [5.74, 6) is 0. The molecule has 3 nitrogen and oxygen atoms in total. The molecule has 0 bridgehead atoms. The summed E-state index contributed by atoms with van der Waals surface area (Å²) in [6.45, 7) is 0.775. The molecule has 11 heavy (non-hydrogen) atoms. The number of rotatable bonds is 0. The first-order valence-corrected chi connectivity index (χ1v) is 9.92. The topological polar surface area (TPSA) is 40.5 Å². The van der Waals surface area contributed by atoms with Gasteiger partial charge in [0.1, 0.15) is 0 Å². The van der Waals surface area contributed by atoms with Gasteiger partial charge in [-0.2, -0.15) is 0 Å². The maximum atomic E-state index is 10.6. The molecule has 1 rings (SSSR count). The van der Waals surface area contributed by atoms with Crippen LogP contribution in [0.3, 0.4) is 0 Å². The summed E-state index contributed by atoms with van der Waals surface area (Å²) in [6, 6.07) is 0. The molecule has 1 aliphatic heterocycles. The molecule has 0 aromatic rings. The fourth-order valence-corrected chi connectivity index (χ4v) is 7.51. The van der Waals surface area contributed by atoms with Gasteiger partial charge in [0.05, 0.1) is 0 Å². The van der Waals surface area contributed by atoms with Crippen LogP contribution in [0.5, 0.6) is 0 Å². The summed E-state index contributed by atoms with van der Waals surface area (Å²) >= 11 is 0.852. The molecule has 0 saturated carbocycles. The predicted octanol–water partition coefficient (Wildman–Crippen LogP) is 0.807. The number of hydrogen-bond acceptors (Lipinski definition) is 1. The first kappa shape index (κ1) is 9.40. The van der Waals surface area contributed by atoms with Gasteiger partial charge in [0.15, 0.2) is 0 Å². The predicted molar refractivity (Wildman–Crippen MR) is 44.9 cm³/mol. The molecule has 1 saturated heterocycles. The minimum atomic E-state index is -0.714. The fraction of sp³-hybridized carbons (Fsp3) is 0.833. The Labute approximate surface area is 77.6 Å². The Kier molecular flexibility index (Phi) is 4.31. The molecule has 1 fully saturated rings. The van der Waals surface area contributed by atoms with E-state index < -0.39 is 6.09 Å². The van der Waals surface area contributed by atoms with Crippen LogP contribution < -0.4 is 0 Å². The number of carbonyl (C=O) groups is 1. The molecule has 64 valence electrons. The van der Waals surface area contributed by atoms with E-state index in [1.165, 1.54) is 18.2 Å². The van der Waals surface area contributed by atoms with Crippen molar-refractivity contribution in [3.63, 3.8) is 0 Å². The van der Waals surface area contributed by atoms with Crippen molar-refractivity contribution in [2.45, 2.75) is 24.6 Å². The van der Waals surface area contributed by atoms with Crippen LogP contribution in [0.2, 0.25) is 5.32 Å². The first-order valence-electron chi connectivity index (χ1n) is 3.61. The van der Waals surface area contributed by atoms with Crippen LogP contribution in [0.4, 0.5) is 4.79 Å². The number of hydrogen-bond donors (Lipinski definition) is 1. The molecular formula is C6H11NO2Se2. The molecule has 0 radical (unpaired) electrons. The van der Waals surface area contributed by atoms with Gasteiger partial charge in [-0.3, -0.25) is 0 Å². The maximum absolute atomic E-state index is 10.6. The minimum absolute atomic E-state index is 0.263. The van der Waals surface area contributed by atoms with E-state index in [0.29, 0.717) is 13.1 Å². The van der Waals surface area contributed by atoms with Crippen molar-refractivity contribution in [1.29, 1.82) is 0 Å². The van der Waals surface area contributed by atoms with Crippen molar-refractivity contribution in [1.82, 2.24) is 3.92 Å². The Balaban J connectivity index is 2.32. The van der Waals surface area contributed by atoms with E-state index in [-0.39, 0.29) is 13.3 Å². The fourth-order valence-electron chi connectivity index (χ4n) is 0.859. The van der Waals surface area contributed by atoms with E-state index in [0.717, 1.165) is 13.0 Å². The molecule has 0 aromatic carbocycles. The second-order valence-electron chi connectivity index (χ2n) is 2.34. The van der Waals surface area contributed by atoms with Crippen LogP contribution in [0.25, 0.3) is 0 Å². The quantitative estimate of drug-likeness (QED) is 0.670. The Bertz CT molecular complexity index is 135. The SMILES string of the molecule is O=C(O)N1CCCCC[Se][Se]1. The Hall–Kier alpha value is 0.309. The molecule has 1 heterocycles. The average Bonchev–Trinajstić information content (AvgIpc) is 1.84. The van der Waals surface area contributed by atoms with Gasteiger partial charge >= 0.3 is 77.5 Å². The van der Waals surface area contributed by atoms with Gasteiger partial charge in [-0.25, -0.2) is 0 Å². The van der Waals surface area contributed by atoms with Gasteiger partial charge in [0, 0.05) is 0 Å². The monoisotopic (exact) mass is 289 g/mol. The van der Waals surface area contributed by atoms with Gasteiger partial charge in [-0.1, -0.05) is 0 Å². The molecule has 0 spiro atoms. The van der Waals surface area contributed by atoms with Crippen molar-refractivity contribution < 1.29 is 9.90 Å². The summed E-state index contributed by atoms with van der Waals surface area (Å²) in [6.07, 6.45) is 2.87. The summed E-state index contributed by atoms with van der Waals surface area (Å²) in [4.78, 5) is 10.6. The summed E-state index contributed by atoms with van der Waals surface area (Å²) in [7, 11) is 0. The molecule has 0 aromatic heterocycles. The third kappa shape index (κ3) is 3.48. The second-order valence-corrected chi connectivity index (χ2v) is 9.13. The zero-order valence-electron chi connectivity index (χ0n) is 6.15. The Morgan fingerprint density at radius 2 is 2.18 bits per heavy atom. The summed E-state index contributed by atoms with van der Waals surface area (Å²) in [5, 5.41) is 9.98. The van der Waals surface area contributed by atoms with Gasteiger partial charge < -0.3 is 0 Å². The van der Waals surface area contributed by atoms with Crippen molar-refractivity contribution in [2.75, 3.05) is 6.54 Å². The first-order chi connectivity index (χ1) is 5.30. The zero-order valence-corrected chi connectivity index (χ0v) is 9.58. The van der Waals surface area contributed by atoms with E-state index in [1.807, 2.05) is 0 Å². The van der Waals surface area contributed by atoms with Crippen molar-refractivity contribution in [3.8, 4) is 0 Å². The van der Waals surface area contributed by atoms with Crippen molar-refractivity contribution in [2.24, 2.45) is 0 Å². The summed E-state index contributed by atoms with van der Waals surface area (Å²) in [5.41, 5.74) is 0. The third-order valence-corrected chi connectivity index (χ3v) is 8.64. The molecule has 0 aliphatic carbocycles. The van der Waals surface area contributed by atoms with Gasteiger partial charge in [0.2, 0.25) is 0 Å². The van der Waals surface area contributed by atoms with E-state index in [2.05, 4.69) is 0 Å². The van der Waals surface area contributed by atoms with Crippen molar-refractivity contribution in [3.05, 3.63) is 0 Å². The van der Waals surface area contributed by atoms with Gasteiger partial charge in [0.25, 0.3) is 0 Å². The number of amides is 1. The molecule has 1 N–H and O–H groups in total. The van der Waals surface area contributed by atoms with Crippen LogP contribution in [0.1, 0.15) is 19.3 Å². The molecular weight excluding hydrogens is 276 g/mol. The molecule has 0 unspecified atom stereocenters. The summed E-state index contributed by atoms with van der Waals surface area (Å²) < 4.78 is 1.62. The van der Waals surface area contributed by atoms with E-state index >= 15 is 0 Å². The van der Waals surface area contributed by atoms with E-state index in [9.17, 15) is 4.79 Å². The van der Waals surface area contributed by atoms with E-state index in [4.69, 9.17) is 5.11 Å². The molecule has 1 aliphatic rings. The Morgan fingerprint density at radius 1 is 1.36 bits per heavy atom. The van der Waals surface area contributed by atoms with Crippen LogP contribution in [0, 0.1) is 0 Å². The van der Waals surface area contributed by atoms with Crippen LogP contribution in [-0.4, -0.2) is 48.1 Å². The molecule has 0 atom stereocenters. The van der Waals surface area contributed by atoms with E-state index in [1.54, 1.807) is 3.92 Å². The van der Waals surface area contributed by atoms with Crippen molar-refractivity contribution >= 4 is 32.6 Å². The third-order valence-electron chi connectivity index (χ3n) is 1.44.